The Hall–Kier alpha value is -4.40. The predicted molar refractivity (Wildman–Crippen MR) is 128 cm³/mol. The number of nitrogens with zero attached hydrogens (tertiary/aromatic N) is 2. The highest BCUT2D eigenvalue weighted by Gasteiger charge is 2.32. The van der Waals surface area contributed by atoms with E-state index >= 15 is 0 Å². The molecule has 0 unspecified atom stereocenters. The average molecular weight is 476 g/mol. The Labute approximate surface area is 202 Å². The van der Waals surface area contributed by atoms with Crippen molar-refractivity contribution in [2.45, 2.75) is 12.5 Å². The van der Waals surface area contributed by atoms with E-state index in [0.29, 0.717) is 35.2 Å². The van der Waals surface area contributed by atoms with Crippen LogP contribution < -0.4 is 28.7 Å². The second-order valence-electron chi connectivity index (χ2n) is 7.99. The van der Waals surface area contributed by atoms with Gasteiger partial charge in [-0.1, -0.05) is 0 Å². The monoisotopic (exact) mass is 476 g/mol. The summed E-state index contributed by atoms with van der Waals surface area (Å²) in [6, 6.07) is 16.0. The molecule has 5 rings (SSSR count). The van der Waals surface area contributed by atoms with E-state index in [2.05, 4.69) is 0 Å². The minimum absolute atomic E-state index is 0.196. The Bertz CT molecular complexity index is 1280. The first-order chi connectivity index (χ1) is 17.0. The number of rotatable bonds is 7. The molecule has 0 fully saturated rings. The molecule has 3 aromatic carbocycles. The maximum atomic E-state index is 11.3. The first kappa shape index (κ1) is 22.4. The van der Waals surface area contributed by atoms with Crippen molar-refractivity contribution < 1.29 is 33.6 Å². The molecule has 1 N–H and O–H groups in total. The smallest absolute Gasteiger partial charge is 0.335 e. The highest BCUT2D eigenvalue weighted by Crippen LogP contribution is 2.45. The van der Waals surface area contributed by atoms with Crippen LogP contribution in [0.15, 0.2) is 59.7 Å². The summed E-state index contributed by atoms with van der Waals surface area (Å²) in [7, 11) is 4.71. The lowest BCUT2D eigenvalue weighted by atomic mass is 9.97. The fourth-order valence-corrected chi connectivity index (χ4v) is 4.31. The number of anilines is 1. The Balaban J connectivity index is 1.58. The van der Waals surface area contributed by atoms with E-state index in [0.717, 1.165) is 22.5 Å². The van der Waals surface area contributed by atoms with Crippen LogP contribution in [0, 0.1) is 0 Å². The minimum atomic E-state index is -0.983. The van der Waals surface area contributed by atoms with E-state index in [-0.39, 0.29) is 18.4 Å². The summed E-state index contributed by atoms with van der Waals surface area (Å²) in [5, 5.41) is 16.1. The summed E-state index contributed by atoms with van der Waals surface area (Å²) in [6.45, 7) is 0.196. The lowest BCUT2D eigenvalue weighted by Gasteiger charge is -2.25. The quantitative estimate of drug-likeness (QED) is 0.532. The third-order valence-electron chi connectivity index (χ3n) is 6.07. The van der Waals surface area contributed by atoms with E-state index in [1.807, 2.05) is 35.3 Å². The average Bonchev–Trinajstić information content (AvgIpc) is 3.54. The third kappa shape index (κ3) is 4.05. The van der Waals surface area contributed by atoms with Crippen LogP contribution in [0.1, 0.15) is 33.9 Å². The van der Waals surface area contributed by atoms with Crippen molar-refractivity contribution in [3.63, 3.8) is 0 Å². The van der Waals surface area contributed by atoms with Crippen LogP contribution in [0.4, 0.5) is 5.69 Å². The van der Waals surface area contributed by atoms with Crippen LogP contribution in [0.3, 0.4) is 0 Å². The maximum absolute atomic E-state index is 11.3. The number of hydrazone groups is 1. The van der Waals surface area contributed by atoms with Crippen molar-refractivity contribution >= 4 is 17.4 Å². The number of hydrogen-bond acceptors (Lipinski definition) is 8. The fraction of sp³-hybridized carbons (Fsp3) is 0.231. The Morgan fingerprint density at radius 3 is 2.26 bits per heavy atom. The van der Waals surface area contributed by atoms with E-state index in [1.165, 1.54) is 0 Å². The maximum Gasteiger partial charge on any atom is 0.335 e. The Morgan fingerprint density at radius 1 is 0.943 bits per heavy atom. The largest absolute Gasteiger partial charge is 0.493 e. The Morgan fingerprint density at radius 2 is 1.63 bits per heavy atom. The zero-order valence-corrected chi connectivity index (χ0v) is 19.5. The number of carbonyl (C=O) groups is 1. The molecular weight excluding hydrogens is 452 g/mol. The standard InChI is InChI=1S/C26H24N2O7/c1-31-23-11-17(12-24(32-2)25(23)33-3)20-13-19(16-6-9-21-22(10-16)35-14-34-21)27-28(20)18-7-4-15(5-8-18)26(29)30/h4-12,20H,13-14H2,1-3H3,(H,29,30)/t20-/m0/s1. The van der Waals surface area contributed by atoms with E-state index in [9.17, 15) is 9.90 Å². The van der Waals surface area contributed by atoms with Gasteiger partial charge < -0.3 is 28.8 Å². The molecule has 0 saturated carbocycles. The summed E-state index contributed by atoms with van der Waals surface area (Å²) < 4.78 is 27.6. The van der Waals surface area contributed by atoms with Gasteiger partial charge in [-0.25, -0.2) is 4.79 Å². The molecule has 3 aromatic rings. The number of hydrogen-bond donors (Lipinski definition) is 1. The van der Waals surface area contributed by atoms with Gasteiger partial charge in [-0.15, -0.1) is 0 Å². The summed E-state index contributed by atoms with van der Waals surface area (Å²) in [4.78, 5) is 11.3. The van der Waals surface area contributed by atoms with Gasteiger partial charge in [0.25, 0.3) is 0 Å². The summed E-state index contributed by atoms with van der Waals surface area (Å²) >= 11 is 0. The number of aromatic carboxylic acids is 1. The van der Waals surface area contributed by atoms with Gasteiger partial charge in [-0.2, -0.15) is 5.10 Å². The van der Waals surface area contributed by atoms with Gasteiger partial charge in [0.05, 0.1) is 44.3 Å². The molecule has 1 atom stereocenters. The molecule has 2 aliphatic rings. The van der Waals surface area contributed by atoms with Gasteiger partial charge in [-0.3, -0.25) is 5.01 Å². The van der Waals surface area contributed by atoms with Gasteiger partial charge in [0.2, 0.25) is 12.5 Å². The SMILES string of the molecule is COc1cc([C@@H]2CC(c3ccc4c(c3)OCO4)=NN2c2ccc(C(=O)O)cc2)cc(OC)c1OC. The van der Waals surface area contributed by atoms with Crippen LogP contribution in [-0.2, 0) is 0 Å². The second kappa shape index (κ2) is 9.09. The van der Waals surface area contributed by atoms with E-state index in [1.54, 1.807) is 45.6 Å². The topological polar surface area (TPSA) is 99.1 Å². The van der Waals surface area contributed by atoms with Crippen molar-refractivity contribution in [3.8, 4) is 28.7 Å². The van der Waals surface area contributed by atoms with Gasteiger partial charge >= 0.3 is 5.97 Å². The van der Waals surface area contributed by atoms with Gasteiger partial charge in [0, 0.05) is 12.0 Å². The minimum Gasteiger partial charge on any atom is -0.493 e. The lowest BCUT2D eigenvalue weighted by Crippen LogP contribution is -2.19. The predicted octanol–water partition coefficient (Wildman–Crippen LogP) is 4.50. The zero-order valence-electron chi connectivity index (χ0n) is 19.5. The van der Waals surface area contributed by atoms with Crippen LogP contribution in [0.25, 0.3) is 0 Å². The molecule has 9 heteroatoms. The molecule has 0 aromatic heterocycles. The molecular formula is C26H24N2O7. The van der Waals surface area contributed by atoms with Crippen molar-refractivity contribution in [3.05, 3.63) is 71.3 Å². The third-order valence-corrected chi connectivity index (χ3v) is 6.07. The molecule has 0 amide bonds. The molecule has 2 aliphatic heterocycles. The summed E-state index contributed by atoms with van der Waals surface area (Å²) in [6.07, 6.45) is 0.582. The Kier molecular flexibility index (Phi) is 5.82. The van der Waals surface area contributed by atoms with Gasteiger partial charge in [0.1, 0.15) is 0 Å². The molecule has 0 bridgehead atoms. The first-order valence-electron chi connectivity index (χ1n) is 10.9. The summed E-state index contributed by atoms with van der Waals surface area (Å²) in [5.41, 5.74) is 3.63. The van der Waals surface area contributed by atoms with Crippen molar-refractivity contribution in [2.24, 2.45) is 5.10 Å². The molecule has 0 saturated heterocycles. The van der Waals surface area contributed by atoms with E-state index in [4.69, 9.17) is 28.8 Å². The lowest BCUT2D eigenvalue weighted by molar-refractivity contribution is 0.0697. The van der Waals surface area contributed by atoms with Crippen molar-refractivity contribution in [2.75, 3.05) is 33.1 Å². The molecule has 0 spiro atoms. The number of carboxylic acid groups (broad SMARTS) is 1. The molecule has 35 heavy (non-hydrogen) atoms. The number of ether oxygens (including phenoxy) is 5. The van der Waals surface area contributed by atoms with Gasteiger partial charge in [-0.05, 0) is 60.2 Å². The van der Waals surface area contributed by atoms with Crippen LogP contribution in [0.5, 0.6) is 28.7 Å². The fourth-order valence-electron chi connectivity index (χ4n) is 4.31. The number of benzene rings is 3. The molecule has 0 aliphatic carbocycles. The molecule has 2 heterocycles. The zero-order chi connectivity index (χ0) is 24.5. The number of fused-ring (bicyclic) bond motifs is 1. The van der Waals surface area contributed by atoms with Crippen molar-refractivity contribution in [1.82, 2.24) is 0 Å². The van der Waals surface area contributed by atoms with Crippen LogP contribution in [-0.4, -0.2) is 44.9 Å². The number of carboxylic acids is 1. The second-order valence-corrected chi connectivity index (χ2v) is 7.99. The first-order valence-corrected chi connectivity index (χ1v) is 10.9. The summed E-state index contributed by atoms with van der Waals surface area (Å²) in [5.74, 6) is 1.99. The van der Waals surface area contributed by atoms with Crippen LogP contribution >= 0.6 is 0 Å². The highest BCUT2D eigenvalue weighted by atomic mass is 16.7. The highest BCUT2D eigenvalue weighted by molar-refractivity contribution is 6.04. The molecule has 180 valence electrons. The van der Waals surface area contributed by atoms with Crippen LogP contribution in [0.2, 0.25) is 0 Å². The molecule has 0 radical (unpaired) electrons. The van der Waals surface area contributed by atoms with Gasteiger partial charge in [0.15, 0.2) is 23.0 Å². The van der Waals surface area contributed by atoms with Crippen molar-refractivity contribution in [1.29, 1.82) is 0 Å². The number of methoxy groups -OCH3 is 3. The normalized spacial score (nSPS) is 16.1. The molecule has 9 nitrogen and oxygen atoms in total. The van der Waals surface area contributed by atoms with E-state index < -0.39 is 5.97 Å².